The van der Waals surface area contributed by atoms with Gasteiger partial charge in [-0.15, -0.1) is 0 Å². The van der Waals surface area contributed by atoms with Crippen molar-refractivity contribution in [3.8, 4) is 17.1 Å². The van der Waals surface area contributed by atoms with Gasteiger partial charge in [-0.25, -0.2) is 18.5 Å². The summed E-state index contributed by atoms with van der Waals surface area (Å²) in [6, 6.07) is 19.3. The molecule has 4 aromatic rings. The molecule has 8 nitrogen and oxygen atoms in total. The summed E-state index contributed by atoms with van der Waals surface area (Å²) in [5.41, 5.74) is 1.51. The van der Waals surface area contributed by atoms with Crippen LogP contribution >= 0.6 is 0 Å². The van der Waals surface area contributed by atoms with Crippen LogP contribution < -0.4 is 15.4 Å². The molecule has 6 rings (SSSR count). The first kappa shape index (κ1) is 25.4. The van der Waals surface area contributed by atoms with Gasteiger partial charge >= 0.3 is 0 Å². The van der Waals surface area contributed by atoms with Crippen LogP contribution in [0.4, 0.5) is 14.5 Å². The van der Waals surface area contributed by atoms with Crippen molar-refractivity contribution in [3.05, 3.63) is 101 Å². The Hall–Kier alpha value is -4.86. The van der Waals surface area contributed by atoms with Crippen LogP contribution in [0.15, 0.2) is 77.8 Å². The van der Waals surface area contributed by atoms with E-state index in [1.807, 2.05) is 13.0 Å². The number of benzene rings is 3. The van der Waals surface area contributed by atoms with Crippen molar-refractivity contribution >= 4 is 23.2 Å². The molecule has 2 atom stereocenters. The van der Waals surface area contributed by atoms with Crippen molar-refractivity contribution in [3.63, 3.8) is 0 Å². The number of carbonyl (C=O) groups excluding carboxylic acids is 2. The molecular formula is C30H25F2N5O3. The van der Waals surface area contributed by atoms with E-state index in [1.165, 1.54) is 24.3 Å². The van der Waals surface area contributed by atoms with E-state index in [9.17, 15) is 18.4 Å². The van der Waals surface area contributed by atoms with E-state index >= 15 is 0 Å². The lowest BCUT2D eigenvalue weighted by molar-refractivity contribution is -0.117. The molecule has 40 heavy (non-hydrogen) atoms. The first-order valence-corrected chi connectivity index (χ1v) is 13.0. The molecular weight excluding hydrogens is 516 g/mol. The highest BCUT2D eigenvalue weighted by Crippen LogP contribution is 2.37. The molecule has 1 aromatic heterocycles. The number of nitrogens with one attached hydrogen (secondary N) is 2. The van der Waals surface area contributed by atoms with E-state index in [4.69, 9.17) is 4.74 Å². The zero-order valence-electron chi connectivity index (χ0n) is 21.5. The van der Waals surface area contributed by atoms with Crippen molar-refractivity contribution in [2.75, 3.05) is 11.9 Å². The van der Waals surface area contributed by atoms with E-state index in [-0.39, 0.29) is 34.4 Å². The van der Waals surface area contributed by atoms with E-state index in [1.54, 1.807) is 47.1 Å². The topological polar surface area (TPSA) is 97.6 Å². The quantitative estimate of drug-likeness (QED) is 0.375. The molecule has 0 fully saturated rings. The molecule has 0 radical (unpaired) electrons. The molecule has 1 unspecified atom stereocenters. The van der Waals surface area contributed by atoms with Gasteiger partial charge < -0.3 is 15.4 Å². The number of hydrogen-bond acceptors (Lipinski definition) is 5. The van der Waals surface area contributed by atoms with Crippen LogP contribution in [0.5, 0.6) is 5.88 Å². The number of amides is 2. The van der Waals surface area contributed by atoms with Crippen molar-refractivity contribution in [1.82, 2.24) is 15.1 Å². The minimum atomic E-state index is -1.43. The number of hydrogen-bond donors (Lipinski definition) is 2. The zero-order chi connectivity index (χ0) is 27.8. The smallest absolute Gasteiger partial charge is 0.269 e. The van der Waals surface area contributed by atoms with Crippen LogP contribution in [-0.2, 0) is 4.79 Å². The average molecular weight is 542 g/mol. The fourth-order valence-electron chi connectivity index (χ4n) is 4.99. The predicted octanol–water partition coefficient (Wildman–Crippen LogP) is 5.11. The molecule has 3 heterocycles. The van der Waals surface area contributed by atoms with Crippen LogP contribution in [0.2, 0.25) is 0 Å². The standard InChI is InChI=1S/C30H25F2N5O3/c1-17-9-8-16-40-30-23(26(36-37(17)30)19-12-5-6-14-21(19)31)28(38)35-27-29(39)34-25-20(13-7-15-22(25)32)24(33-27)18-10-3-2-4-11-18/h2-7,10-15,17,27H,8-9,16H2,1H3,(H,34,39)(H,35,38)/t17-,27?/m1/s1. The second-order valence-electron chi connectivity index (χ2n) is 9.66. The molecule has 0 saturated heterocycles. The Morgan fingerprint density at radius 2 is 1.73 bits per heavy atom. The highest BCUT2D eigenvalue weighted by atomic mass is 19.1. The van der Waals surface area contributed by atoms with E-state index in [0.717, 1.165) is 12.8 Å². The second-order valence-corrected chi connectivity index (χ2v) is 9.66. The van der Waals surface area contributed by atoms with Crippen molar-refractivity contribution in [2.24, 2.45) is 4.99 Å². The fourth-order valence-corrected chi connectivity index (χ4v) is 4.99. The SMILES string of the molecule is C[C@@H]1CCCOc2c(C(=O)NC3N=C(c4ccccc4)c4cccc(F)c4NC3=O)c(-c3ccccc3F)nn21. The molecule has 0 saturated carbocycles. The van der Waals surface area contributed by atoms with E-state index in [2.05, 4.69) is 20.7 Å². The first-order valence-electron chi connectivity index (χ1n) is 13.0. The summed E-state index contributed by atoms with van der Waals surface area (Å²) in [5, 5.41) is 9.82. The number of benzodiazepines with no additional fused rings is 1. The van der Waals surface area contributed by atoms with Gasteiger partial charge in [0.05, 0.1) is 24.0 Å². The Morgan fingerprint density at radius 1 is 1.00 bits per heavy atom. The van der Waals surface area contributed by atoms with Crippen LogP contribution in [0.1, 0.15) is 47.3 Å². The summed E-state index contributed by atoms with van der Waals surface area (Å²) in [6.45, 7) is 2.29. The number of anilines is 1. The molecule has 2 N–H and O–H groups in total. The number of halogens is 2. The van der Waals surface area contributed by atoms with Gasteiger partial charge in [-0.05, 0) is 38.0 Å². The molecule has 0 bridgehead atoms. The van der Waals surface area contributed by atoms with Crippen molar-refractivity contribution in [2.45, 2.75) is 32.0 Å². The maximum Gasteiger partial charge on any atom is 0.269 e. The highest BCUT2D eigenvalue weighted by Gasteiger charge is 2.34. The van der Waals surface area contributed by atoms with Gasteiger partial charge in [-0.2, -0.15) is 5.10 Å². The molecule has 2 amide bonds. The molecule has 2 aliphatic rings. The lowest BCUT2D eigenvalue weighted by Gasteiger charge is -2.15. The zero-order valence-corrected chi connectivity index (χ0v) is 21.5. The number of rotatable bonds is 4. The molecule has 3 aromatic carbocycles. The monoisotopic (exact) mass is 541 g/mol. The number of ether oxygens (including phenoxy) is 1. The number of nitrogens with zero attached hydrogens (tertiary/aromatic N) is 3. The summed E-state index contributed by atoms with van der Waals surface area (Å²) in [7, 11) is 0. The molecule has 202 valence electrons. The van der Waals surface area contributed by atoms with Gasteiger partial charge in [0, 0.05) is 16.7 Å². The van der Waals surface area contributed by atoms with Gasteiger partial charge in [0.15, 0.2) is 0 Å². The van der Waals surface area contributed by atoms with Gasteiger partial charge in [0.25, 0.3) is 11.8 Å². The summed E-state index contributed by atoms with van der Waals surface area (Å²) < 4.78 is 37.3. The minimum absolute atomic E-state index is 0.00365. The van der Waals surface area contributed by atoms with Gasteiger partial charge in [-0.3, -0.25) is 9.59 Å². The second kappa shape index (κ2) is 10.4. The first-order chi connectivity index (χ1) is 19.4. The Labute approximate surface area is 228 Å². The highest BCUT2D eigenvalue weighted by molar-refractivity contribution is 6.20. The number of para-hydroxylation sites is 1. The normalized spacial score (nSPS) is 18.3. The van der Waals surface area contributed by atoms with Gasteiger partial charge in [-0.1, -0.05) is 54.6 Å². The van der Waals surface area contributed by atoms with Crippen LogP contribution in [0, 0.1) is 11.6 Å². The van der Waals surface area contributed by atoms with E-state index < -0.39 is 29.6 Å². The lowest BCUT2D eigenvalue weighted by Crippen LogP contribution is -2.42. The van der Waals surface area contributed by atoms with Crippen LogP contribution in [0.3, 0.4) is 0 Å². The number of fused-ring (bicyclic) bond motifs is 2. The maximum absolute atomic E-state index is 14.9. The number of carbonyl (C=O) groups is 2. The van der Waals surface area contributed by atoms with Crippen LogP contribution in [0.25, 0.3) is 11.3 Å². The maximum atomic E-state index is 14.9. The average Bonchev–Trinajstić information content (AvgIpc) is 3.16. The summed E-state index contributed by atoms with van der Waals surface area (Å²) in [6.07, 6.45) is 0.0772. The Morgan fingerprint density at radius 3 is 2.52 bits per heavy atom. The number of aliphatic imine (C=N–C) groups is 1. The predicted molar refractivity (Wildman–Crippen MR) is 145 cm³/mol. The summed E-state index contributed by atoms with van der Waals surface area (Å²) >= 11 is 0. The third-order valence-electron chi connectivity index (χ3n) is 6.98. The number of aromatic nitrogens is 2. The molecule has 10 heteroatoms. The molecule has 0 aliphatic carbocycles. The van der Waals surface area contributed by atoms with Gasteiger partial charge in [0.2, 0.25) is 12.0 Å². The van der Waals surface area contributed by atoms with Crippen molar-refractivity contribution in [1.29, 1.82) is 0 Å². The summed E-state index contributed by atoms with van der Waals surface area (Å²) in [5.74, 6) is -2.45. The Kier molecular flexibility index (Phi) is 6.59. The lowest BCUT2D eigenvalue weighted by atomic mass is 10.0. The largest absolute Gasteiger partial charge is 0.477 e. The van der Waals surface area contributed by atoms with Gasteiger partial charge in [0.1, 0.15) is 22.9 Å². The Balaban J connectivity index is 1.45. The Bertz CT molecular complexity index is 1650. The third kappa shape index (κ3) is 4.51. The fraction of sp³-hybridized carbons (Fsp3) is 0.200. The van der Waals surface area contributed by atoms with Crippen LogP contribution in [-0.4, -0.2) is 40.1 Å². The summed E-state index contributed by atoms with van der Waals surface area (Å²) in [4.78, 5) is 31.8. The molecule has 2 aliphatic heterocycles. The molecule has 0 spiro atoms. The van der Waals surface area contributed by atoms with E-state index in [0.29, 0.717) is 23.4 Å². The minimum Gasteiger partial charge on any atom is -0.477 e. The third-order valence-corrected chi connectivity index (χ3v) is 6.98. The van der Waals surface area contributed by atoms with Crippen molar-refractivity contribution < 1.29 is 23.1 Å².